The summed E-state index contributed by atoms with van der Waals surface area (Å²) < 4.78 is 10.9. The number of guanidine groups is 1. The Morgan fingerprint density at radius 3 is 2.78 bits per heavy atom. The van der Waals surface area contributed by atoms with Crippen molar-refractivity contribution < 1.29 is 9.26 Å². The van der Waals surface area contributed by atoms with Gasteiger partial charge in [-0.15, -0.1) is 24.0 Å². The van der Waals surface area contributed by atoms with Gasteiger partial charge in [-0.2, -0.15) is 4.98 Å². The van der Waals surface area contributed by atoms with E-state index in [1.807, 2.05) is 6.07 Å². The first-order valence-electron chi connectivity index (χ1n) is 8.45. The third-order valence-corrected chi connectivity index (χ3v) is 4.52. The smallest absolute Gasteiger partial charge is 0.232 e. The highest BCUT2D eigenvalue weighted by Crippen LogP contribution is 2.23. The van der Waals surface area contributed by atoms with Gasteiger partial charge < -0.3 is 24.4 Å². The number of methoxy groups -OCH3 is 1. The SMILES string of the molecule is CCNC(=NCc1ccon1)N1CCN(c2ncc(Br)c(OC)n2)CC1.I. The van der Waals surface area contributed by atoms with E-state index < -0.39 is 0 Å². The van der Waals surface area contributed by atoms with Gasteiger partial charge >= 0.3 is 0 Å². The highest BCUT2D eigenvalue weighted by Gasteiger charge is 2.22. The number of anilines is 1. The van der Waals surface area contributed by atoms with Gasteiger partial charge in [0, 0.05) is 38.8 Å². The molecule has 0 bridgehead atoms. The topological polar surface area (TPSA) is 91.9 Å². The Balaban J connectivity index is 0.00000261. The van der Waals surface area contributed by atoms with Crippen LogP contribution in [0.2, 0.25) is 0 Å². The van der Waals surface area contributed by atoms with E-state index in [9.17, 15) is 0 Å². The van der Waals surface area contributed by atoms with Crippen LogP contribution in [0.3, 0.4) is 0 Å². The third kappa shape index (κ3) is 5.67. The minimum absolute atomic E-state index is 0. The van der Waals surface area contributed by atoms with Crippen molar-refractivity contribution in [2.75, 3.05) is 44.7 Å². The van der Waals surface area contributed by atoms with Crippen LogP contribution < -0.4 is 15.0 Å². The number of aliphatic imine (C=N–C) groups is 1. The van der Waals surface area contributed by atoms with Crippen LogP contribution in [-0.4, -0.2) is 65.8 Å². The van der Waals surface area contributed by atoms with Crippen LogP contribution in [0.15, 0.2) is 32.5 Å². The molecule has 27 heavy (non-hydrogen) atoms. The molecule has 2 aromatic rings. The van der Waals surface area contributed by atoms with Crippen LogP contribution in [0.4, 0.5) is 5.95 Å². The molecule has 0 atom stereocenters. The fraction of sp³-hybridized carbons (Fsp3) is 0.500. The first kappa shape index (κ1) is 21.7. The Morgan fingerprint density at radius 2 is 2.15 bits per heavy atom. The maximum atomic E-state index is 5.26. The fourth-order valence-electron chi connectivity index (χ4n) is 2.66. The van der Waals surface area contributed by atoms with Gasteiger partial charge in [0.2, 0.25) is 11.8 Å². The van der Waals surface area contributed by atoms with Crippen LogP contribution >= 0.6 is 39.9 Å². The van der Waals surface area contributed by atoms with Gasteiger partial charge in [0.25, 0.3) is 0 Å². The van der Waals surface area contributed by atoms with Crippen molar-refractivity contribution in [2.24, 2.45) is 4.99 Å². The van der Waals surface area contributed by atoms with Crippen molar-refractivity contribution in [1.29, 1.82) is 0 Å². The lowest BCUT2D eigenvalue weighted by molar-refractivity contribution is 0.365. The van der Waals surface area contributed by atoms with Gasteiger partial charge in [-0.05, 0) is 22.9 Å². The predicted molar refractivity (Wildman–Crippen MR) is 117 cm³/mol. The second kappa shape index (κ2) is 10.6. The van der Waals surface area contributed by atoms with Crippen molar-refractivity contribution in [3.8, 4) is 5.88 Å². The molecule has 1 aliphatic rings. The zero-order valence-corrected chi connectivity index (χ0v) is 19.2. The number of halogens is 2. The molecule has 0 aliphatic carbocycles. The van der Waals surface area contributed by atoms with E-state index in [1.54, 1.807) is 19.6 Å². The normalized spacial score (nSPS) is 14.7. The molecule has 0 unspecified atom stereocenters. The second-order valence-corrected chi connectivity index (χ2v) is 6.52. The Labute approximate surface area is 183 Å². The van der Waals surface area contributed by atoms with Gasteiger partial charge in [0.05, 0.1) is 24.3 Å². The summed E-state index contributed by atoms with van der Waals surface area (Å²) in [4.78, 5) is 17.9. The van der Waals surface area contributed by atoms with Crippen molar-refractivity contribution >= 4 is 51.8 Å². The summed E-state index contributed by atoms with van der Waals surface area (Å²) in [6.45, 7) is 6.62. The van der Waals surface area contributed by atoms with Crippen molar-refractivity contribution in [3.05, 3.63) is 28.7 Å². The van der Waals surface area contributed by atoms with Crippen molar-refractivity contribution in [2.45, 2.75) is 13.5 Å². The van der Waals surface area contributed by atoms with Gasteiger partial charge in [0.15, 0.2) is 5.96 Å². The molecular formula is C16H23BrIN7O2. The van der Waals surface area contributed by atoms with Crippen LogP contribution in [0.25, 0.3) is 0 Å². The minimum Gasteiger partial charge on any atom is -0.480 e. The highest BCUT2D eigenvalue weighted by molar-refractivity contribution is 14.0. The number of aromatic nitrogens is 3. The summed E-state index contributed by atoms with van der Waals surface area (Å²) in [5.41, 5.74) is 0.814. The van der Waals surface area contributed by atoms with E-state index >= 15 is 0 Å². The zero-order valence-electron chi connectivity index (χ0n) is 15.3. The van der Waals surface area contributed by atoms with Crippen LogP contribution in [-0.2, 0) is 6.54 Å². The summed E-state index contributed by atoms with van der Waals surface area (Å²) in [5.74, 6) is 2.10. The molecule has 0 spiro atoms. The van der Waals surface area contributed by atoms with E-state index in [0.717, 1.165) is 48.8 Å². The first-order valence-corrected chi connectivity index (χ1v) is 9.24. The predicted octanol–water partition coefficient (Wildman–Crippen LogP) is 2.14. The molecule has 3 rings (SSSR count). The maximum absolute atomic E-state index is 5.26. The molecule has 1 N–H and O–H groups in total. The molecule has 0 saturated carbocycles. The first-order chi connectivity index (χ1) is 12.7. The van der Waals surface area contributed by atoms with E-state index in [1.165, 1.54) is 0 Å². The summed E-state index contributed by atoms with van der Waals surface area (Å²) in [7, 11) is 1.60. The average molecular weight is 552 g/mol. The minimum atomic E-state index is 0. The molecule has 1 saturated heterocycles. The monoisotopic (exact) mass is 551 g/mol. The number of nitrogens with one attached hydrogen (secondary N) is 1. The van der Waals surface area contributed by atoms with E-state index in [0.29, 0.717) is 18.4 Å². The lowest BCUT2D eigenvalue weighted by atomic mass is 10.3. The number of hydrogen-bond acceptors (Lipinski definition) is 7. The number of hydrogen-bond donors (Lipinski definition) is 1. The van der Waals surface area contributed by atoms with Gasteiger partial charge in [-0.3, -0.25) is 0 Å². The molecule has 3 heterocycles. The molecule has 1 fully saturated rings. The largest absolute Gasteiger partial charge is 0.480 e. The maximum Gasteiger partial charge on any atom is 0.232 e. The molecule has 0 aromatic carbocycles. The Hall–Kier alpha value is -1.63. The van der Waals surface area contributed by atoms with Gasteiger partial charge in [0.1, 0.15) is 12.0 Å². The molecule has 1 aliphatic heterocycles. The lowest BCUT2D eigenvalue weighted by Crippen LogP contribution is -2.53. The van der Waals surface area contributed by atoms with Crippen LogP contribution in [0.5, 0.6) is 5.88 Å². The quantitative estimate of drug-likeness (QED) is 0.343. The Bertz CT molecular complexity index is 736. The van der Waals surface area contributed by atoms with Gasteiger partial charge in [-0.25, -0.2) is 9.98 Å². The zero-order chi connectivity index (χ0) is 18.4. The number of rotatable bonds is 5. The molecule has 0 radical (unpaired) electrons. The average Bonchev–Trinajstić information content (AvgIpc) is 3.19. The summed E-state index contributed by atoms with van der Waals surface area (Å²) >= 11 is 3.38. The number of nitrogens with zero attached hydrogens (tertiary/aromatic N) is 6. The van der Waals surface area contributed by atoms with E-state index in [-0.39, 0.29) is 24.0 Å². The molecular weight excluding hydrogens is 529 g/mol. The molecule has 11 heteroatoms. The molecule has 2 aromatic heterocycles. The van der Waals surface area contributed by atoms with Crippen molar-refractivity contribution in [1.82, 2.24) is 25.3 Å². The summed E-state index contributed by atoms with van der Waals surface area (Å²) in [5, 5.41) is 7.24. The molecule has 9 nitrogen and oxygen atoms in total. The number of piperazine rings is 1. The van der Waals surface area contributed by atoms with E-state index in [4.69, 9.17) is 9.26 Å². The third-order valence-electron chi connectivity index (χ3n) is 3.97. The lowest BCUT2D eigenvalue weighted by Gasteiger charge is -2.36. The summed E-state index contributed by atoms with van der Waals surface area (Å²) in [6.07, 6.45) is 3.28. The number of ether oxygens (including phenoxy) is 1. The summed E-state index contributed by atoms with van der Waals surface area (Å²) in [6, 6.07) is 1.82. The highest BCUT2D eigenvalue weighted by atomic mass is 127. The standard InChI is InChI=1S/C16H22BrN7O2.HI/c1-3-18-15(19-10-12-4-9-26-22-12)23-5-7-24(8-6-23)16-20-11-13(17)14(21-16)25-2;/h4,9,11H,3,5-8,10H2,1-2H3,(H,18,19);1H. The van der Waals surface area contributed by atoms with Crippen LogP contribution in [0, 0.1) is 0 Å². The fourth-order valence-corrected chi connectivity index (χ4v) is 3.01. The van der Waals surface area contributed by atoms with Gasteiger partial charge in [-0.1, -0.05) is 5.16 Å². The Kier molecular flexibility index (Phi) is 8.54. The van der Waals surface area contributed by atoms with Crippen LogP contribution in [0.1, 0.15) is 12.6 Å². The second-order valence-electron chi connectivity index (χ2n) is 5.66. The Morgan fingerprint density at radius 1 is 1.37 bits per heavy atom. The molecule has 148 valence electrons. The van der Waals surface area contributed by atoms with E-state index in [2.05, 4.69) is 58.1 Å². The van der Waals surface area contributed by atoms with Crippen molar-refractivity contribution in [3.63, 3.8) is 0 Å². The molecule has 0 amide bonds.